The van der Waals surface area contributed by atoms with E-state index in [1.807, 2.05) is 18.2 Å². The van der Waals surface area contributed by atoms with Crippen LogP contribution in [0.4, 0.5) is 5.13 Å². The fourth-order valence-electron chi connectivity index (χ4n) is 2.88. The lowest BCUT2D eigenvalue weighted by atomic mass is 10.1. The molecule has 2 aliphatic heterocycles. The number of piperazine rings is 1. The molecule has 118 valence electrons. The van der Waals surface area contributed by atoms with Crippen LogP contribution in [-0.2, 0) is 4.79 Å². The van der Waals surface area contributed by atoms with Crippen molar-refractivity contribution in [1.82, 2.24) is 9.88 Å². The minimum atomic E-state index is -0.310. The number of likely N-dealkylation sites (N-methyl/N-ethyl adjacent to an activating group) is 1. The number of hydrogen-bond acceptors (Lipinski definition) is 6. The number of aromatic nitrogens is 1. The van der Waals surface area contributed by atoms with Crippen LogP contribution >= 0.6 is 11.3 Å². The third-order valence-electron chi connectivity index (χ3n) is 4.21. The van der Waals surface area contributed by atoms with Crippen LogP contribution in [0.1, 0.15) is 4.88 Å². The zero-order chi connectivity index (χ0) is 16.0. The van der Waals surface area contributed by atoms with E-state index < -0.39 is 0 Å². The Balaban J connectivity index is 1.77. The van der Waals surface area contributed by atoms with Crippen molar-refractivity contribution in [1.29, 1.82) is 0 Å². The molecule has 2 aliphatic rings. The molecule has 3 heterocycles. The van der Waals surface area contributed by atoms with Crippen molar-refractivity contribution < 1.29 is 9.90 Å². The lowest BCUT2D eigenvalue weighted by molar-refractivity contribution is -0.112. The highest BCUT2D eigenvalue weighted by Gasteiger charge is 2.26. The molecule has 1 N–H and O–H groups in total. The summed E-state index contributed by atoms with van der Waals surface area (Å²) in [6, 6.07) is 7.38. The molecule has 4 rings (SSSR count). The lowest BCUT2D eigenvalue weighted by Crippen LogP contribution is -2.44. The molecular formula is C16H16N4O2S. The van der Waals surface area contributed by atoms with Gasteiger partial charge in [0.05, 0.1) is 10.9 Å². The zero-order valence-corrected chi connectivity index (χ0v) is 13.5. The number of thiazole rings is 1. The maximum atomic E-state index is 12.3. The molecular weight excluding hydrogens is 312 g/mol. The molecule has 0 unspecified atom stereocenters. The smallest absolute Gasteiger partial charge is 0.279 e. The molecule has 1 aromatic carbocycles. The quantitative estimate of drug-likeness (QED) is 0.838. The van der Waals surface area contributed by atoms with Gasteiger partial charge in [-0.2, -0.15) is 4.98 Å². The molecule has 1 amide bonds. The second-order valence-electron chi connectivity index (χ2n) is 5.75. The van der Waals surface area contributed by atoms with E-state index >= 15 is 0 Å². The number of rotatable bonds is 2. The van der Waals surface area contributed by atoms with Crippen molar-refractivity contribution in [2.24, 2.45) is 4.99 Å². The number of fused-ring (bicyclic) bond motifs is 1. The molecule has 7 heteroatoms. The topological polar surface area (TPSA) is 69.0 Å². The SMILES string of the molecule is CN1CCN(c2nc(O)c(C3=c4ccccc4=NC3=O)s2)CC1. The number of carbonyl (C=O) groups excluding carboxylic acids is 1. The molecule has 23 heavy (non-hydrogen) atoms. The van der Waals surface area contributed by atoms with E-state index in [0.29, 0.717) is 15.8 Å². The number of carbonyl (C=O) groups is 1. The third kappa shape index (κ3) is 2.42. The highest BCUT2D eigenvalue weighted by atomic mass is 32.1. The molecule has 0 spiro atoms. The Morgan fingerprint density at radius 2 is 1.91 bits per heavy atom. The Labute approximate surface area is 137 Å². The normalized spacial score (nSPS) is 18.2. The third-order valence-corrected chi connectivity index (χ3v) is 5.33. The van der Waals surface area contributed by atoms with Gasteiger partial charge in [-0.25, -0.2) is 4.99 Å². The van der Waals surface area contributed by atoms with Crippen LogP contribution in [0.3, 0.4) is 0 Å². The molecule has 1 saturated heterocycles. The van der Waals surface area contributed by atoms with Gasteiger partial charge in [-0.1, -0.05) is 29.5 Å². The maximum absolute atomic E-state index is 12.3. The van der Waals surface area contributed by atoms with Gasteiger partial charge in [0.1, 0.15) is 4.88 Å². The van der Waals surface area contributed by atoms with Crippen LogP contribution in [-0.4, -0.2) is 54.1 Å². The minimum Gasteiger partial charge on any atom is -0.492 e. The maximum Gasteiger partial charge on any atom is 0.279 e. The Bertz CT molecular complexity index is 897. The summed E-state index contributed by atoms with van der Waals surface area (Å²) in [6.45, 7) is 3.66. The molecule has 1 fully saturated rings. The van der Waals surface area contributed by atoms with Gasteiger partial charge in [-0.05, 0) is 13.1 Å². The molecule has 2 aromatic rings. The lowest BCUT2D eigenvalue weighted by Gasteiger charge is -2.31. The monoisotopic (exact) mass is 328 g/mol. The summed E-state index contributed by atoms with van der Waals surface area (Å²) < 4.78 is 0. The largest absolute Gasteiger partial charge is 0.492 e. The number of amides is 1. The predicted molar refractivity (Wildman–Crippen MR) is 88.2 cm³/mol. The van der Waals surface area contributed by atoms with Gasteiger partial charge in [-0.15, -0.1) is 0 Å². The van der Waals surface area contributed by atoms with Crippen molar-refractivity contribution in [3.63, 3.8) is 0 Å². The Morgan fingerprint density at radius 3 is 2.70 bits per heavy atom. The van der Waals surface area contributed by atoms with Gasteiger partial charge in [0, 0.05) is 31.4 Å². The van der Waals surface area contributed by atoms with Crippen LogP contribution in [0.25, 0.3) is 5.57 Å². The first kappa shape index (κ1) is 14.3. The van der Waals surface area contributed by atoms with E-state index in [-0.39, 0.29) is 11.8 Å². The molecule has 6 nitrogen and oxygen atoms in total. The first-order valence-electron chi connectivity index (χ1n) is 7.49. The first-order valence-corrected chi connectivity index (χ1v) is 8.31. The average Bonchev–Trinajstić information content (AvgIpc) is 3.07. The van der Waals surface area contributed by atoms with E-state index in [1.165, 1.54) is 11.3 Å². The van der Waals surface area contributed by atoms with Crippen LogP contribution in [0.2, 0.25) is 0 Å². The molecule has 0 aliphatic carbocycles. The molecule has 0 atom stereocenters. The number of benzene rings is 1. The van der Waals surface area contributed by atoms with Gasteiger partial charge in [0.25, 0.3) is 5.91 Å². The number of para-hydroxylation sites is 1. The minimum absolute atomic E-state index is 0.0841. The van der Waals surface area contributed by atoms with Crippen LogP contribution < -0.4 is 15.5 Å². The molecule has 0 bridgehead atoms. The molecule has 0 radical (unpaired) electrons. The number of hydrogen-bond donors (Lipinski definition) is 1. The van der Waals surface area contributed by atoms with Crippen molar-refractivity contribution in [3.8, 4) is 5.88 Å². The Kier molecular flexibility index (Phi) is 3.39. The van der Waals surface area contributed by atoms with Gasteiger partial charge in [0.2, 0.25) is 5.88 Å². The van der Waals surface area contributed by atoms with Gasteiger partial charge < -0.3 is 14.9 Å². The fraction of sp³-hybridized carbons (Fsp3) is 0.312. The van der Waals surface area contributed by atoms with E-state index in [1.54, 1.807) is 6.07 Å². The highest BCUT2D eigenvalue weighted by Crippen LogP contribution is 2.36. The van der Waals surface area contributed by atoms with Gasteiger partial charge in [0.15, 0.2) is 5.13 Å². The summed E-state index contributed by atoms with van der Waals surface area (Å²) in [6.07, 6.45) is 0. The second-order valence-corrected chi connectivity index (χ2v) is 6.73. The van der Waals surface area contributed by atoms with Gasteiger partial charge >= 0.3 is 0 Å². The summed E-state index contributed by atoms with van der Waals surface area (Å²) >= 11 is 1.36. The van der Waals surface area contributed by atoms with Crippen molar-refractivity contribution >= 4 is 27.9 Å². The number of aromatic hydroxyl groups is 1. The van der Waals surface area contributed by atoms with Gasteiger partial charge in [-0.3, -0.25) is 4.79 Å². The Hall–Kier alpha value is -2.25. The predicted octanol–water partition coefficient (Wildman–Crippen LogP) is -0.0407. The summed E-state index contributed by atoms with van der Waals surface area (Å²) in [5.41, 5.74) is 0.455. The number of nitrogens with zero attached hydrogens (tertiary/aromatic N) is 4. The fourth-order valence-corrected chi connectivity index (χ4v) is 3.94. The Morgan fingerprint density at radius 1 is 1.17 bits per heavy atom. The van der Waals surface area contributed by atoms with Crippen molar-refractivity contribution in [2.75, 3.05) is 38.1 Å². The zero-order valence-electron chi connectivity index (χ0n) is 12.7. The summed E-state index contributed by atoms with van der Waals surface area (Å²) in [7, 11) is 2.09. The second kappa shape index (κ2) is 5.43. The van der Waals surface area contributed by atoms with Crippen LogP contribution in [0, 0.1) is 0 Å². The highest BCUT2D eigenvalue weighted by molar-refractivity contribution is 7.17. The van der Waals surface area contributed by atoms with Crippen molar-refractivity contribution in [3.05, 3.63) is 39.7 Å². The summed E-state index contributed by atoms with van der Waals surface area (Å²) in [4.78, 5) is 25.5. The standard InChI is InChI=1S/C16H16N4O2S/c1-19-6-8-20(9-7-19)16-18-15(22)13(23-16)12-10-4-2-3-5-11(10)17-14(12)21/h2-5,22H,6-9H2,1H3. The first-order chi connectivity index (χ1) is 11.1. The van der Waals surface area contributed by atoms with E-state index in [2.05, 4.69) is 26.8 Å². The van der Waals surface area contributed by atoms with E-state index in [9.17, 15) is 9.90 Å². The van der Waals surface area contributed by atoms with Crippen LogP contribution in [0.15, 0.2) is 29.3 Å². The summed E-state index contributed by atoms with van der Waals surface area (Å²) in [5.74, 6) is -0.394. The average molecular weight is 328 g/mol. The molecule has 1 aromatic heterocycles. The van der Waals surface area contributed by atoms with E-state index in [0.717, 1.165) is 36.5 Å². The number of anilines is 1. The summed E-state index contributed by atoms with van der Waals surface area (Å²) in [5, 5.41) is 12.4. The molecule has 0 saturated carbocycles. The van der Waals surface area contributed by atoms with E-state index in [4.69, 9.17) is 0 Å². The van der Waals surface area contributed by atoms with Crippen LogP contribution in [0.5, 0.6) is 5.88 Å². The van der Waals surface area contributed by atoms with Crippen molar-refractivity contribution in [2.45, 2.75) is 0 Å².